The first-order valence-electron chi connectivity index (χ1n) is 5.32. The third kappa shape index (κ3) is 2.86. The second kappa shape index (κ2) is 5.61. The Morgan fingerprint density at radius 2 is 2.13 bits per heavy atom. The molecule has 15 heavy (non-hydrogen) atoms. The van der Waals surface area contributed by atoms with Gasteiger partial charge in [-0.15, -0.1) is 0 Å². The molecule has 0 aliphatic heterocycles. The molecule has 0 saturated carbocycles. The summed E-state index contributed by atoms with van der Waals surface area (Å²) < 4.78 is 5.35. The number of hydrogen-bond donors (Lipinski definition) is 1. The van der Waals surface area contributed by atoms with Gasteiger partial charge in [0.1, 0.15) is 5.75 Å². The largest absolute Gasteiger partial charge is 0.495 e. The molecule has 3 nitrogen and oxygen atoms in total. The second-order valence-electron chi connectivity index (χ2n) is 3.54. The predicted molar refractivity (Wildman–Crippen MR) is 64.7 cm³/mol. The molecule has 0 bridgehead atoms. The van der Waals surface area contributed by atoms with Crippen molar-refractivity contribution in [1.29, 1.82) is 0 Å². The van der Waals surface area contributed by atoms with Crippen LogP contribution >= 0.6 is 0 Å². The summed E-state index contributed by atoms with van der Waals surface area (Å²) in [6.07, 6.45) is 0. The molecule has 0 heterocycles. The van der Waals surface area contributed by atoms with Crippen LogP contribution in [0.25, 0.3) is 0 Å². The fraction of sp³-hybridized carbons (Fsp3) is 0.500. The van der Waals surface area contributed by atoms with Crippen molar-refractivity contribution in [2.45, 2.75) is 13.8 Å². The van der Waals surface area contributed by atoms with Gasteiger partial charge < -0.3 is 15.4 Å². The molecule has 0 radical (unpaired) electrons. The fourth-order valence-electron chi connectivity index (χ4n) is 1.65. The van der Waals surface area contributed by atoms with Crippen LogP contribution in [0.1, 0.15) is 12.5 Å². The van der Waals surface area contributed by atoms with E-state index in [-0.39, 0.29) is 0 Å². The van der Waals surface area contributed by atoms with Gasteiger partial charge in [0.25, 0.3) is 0 Å². The topological polar surface area (TPSA) is 38.5 Å². The number of methoxy groups -OCH3 is 1. The van der Waals surface area contributed by atoms with Crippen molar-refractivity contribution in [3.63, 3.8) is 0 Å². The third-order valence-electron chi connectivity index (χ3n) is 2.46. The Kier molecular flexibility index (Phi) is 4.43. The van der Waals surface area contributed by atoms with E-state index in [0.29, 0.717) is 6.54 Å². The molecule has 0 aliphatic carbocycles. The molecule has 3 heteroatoms. The van der Waals surface area contributed by atoms with Gasteiger partial charge in [-0.05, 0) is 31.5 Å². The minimum Gasteiger partial charge on any atom is -0.495 e. The lowest BCUT2D eigenvalue weighted by Crippen LogP contribution is -2.29. The number of benzene rings is 1. The van der Waals surface area contributed by atoms with E-state index in [1.807, 2.05) is 6.07 Å². The molecule has 1 rings (SSSR count). The zero-order valence-electron chi connectivity index (χ0n) is 9.79. The SMILES string of the molecule is CCN(CCN)c1cc(C)ccc1OC. The molecule has 0 aromatic heterocycles. The molecule has 2 N–H and O–H groups in total. The number of rotatable bonds is 5. The van der Waals surface area contributed by atoms with Gasteiger partial charge in [-0.3, -0.25) is 0 Å². The normalized spacial score (nSPS) is 10.1. The van der Waals surface area contributed by atoms with Gasteiger partial charge >= 0.3 is 0 Å². The molecule has 84 valence electrons. The quantitative estimate of drug-likeness (QED) is 0.801. The standard InChI is InChI=1S/C12H20N2O/c1-4-14(8-7-13)11-9-10(2)5-6-12(11)15-3/h5-6,9H,4,7-8,13H2,1-3H3. The number of anilines is 1. The maximum absolute atomic E-state index is 5.59. The minimum absolute atomic E-state index is 0.658. The van der Waals surface area contributed by atoms with Crippen LogP contribution < -0.4 is 15.4 Å². The third-order valence-corrected chi connectivity index (χ3v) is 2.46. The van der Waals surface area contributed by atoms with Gasteiger partial charge in [-0.1, -0.05) is 6.07 Å². The fourth-order valence-corrected chi connectivity index (χ4v) is 1.65. The summed E-state index contributed by atoms with van der Waals surface area (Å²) in [7, 11) is 1.70. The Bertz CT molecular complexity index is 312. The highest BCUT2D eigenvalue weighted by Crippen LogP contribution is 2.28. The summed E-state index contributed by atoms with van der Waals surface area (Å²) in [6.45, 7) is 6.66. The molecule has 0 spiro atoms. The van der Waals surface area contributed by atoms with Crippen LogP contribution in [0.4, 0.5) is 5.69 Å². The van der Waals surface area contributed by atoms with Gasteiger partial charge in [-0.2, -0.15) is 0 Å². The maximum atomic E-state index is 5.59. The van der Waals surface area contributed by atoms with Crippen LogP contribution in [-0.2, 0) is 0 Å². The summed E-state index contributed by atoms with van der Waals surface area (Å²) >= 11 is 0. The first-order chi connectivity index (χ1) is 7.22. The van der Waals surface area contributed by atoms with Gasteiger partial charge in [0.2, 0.25) is 0 Å². The molecule has 0 amide bonds. The number of ether oxygens (including phenoxy) is 1. The summed E-state index contributed by atoms with van der Waals surface area (Å²) in [5, 5.41) is 0. The number of nitrogens with two attached hydrogens (primary N) is 1. The number of nitrogens with zero attached hydrogens (tertiary/aromatic N) is 1. The van der Waals surface area contributed by atoms with Gasteiger partial charge in [0.05, 0.1) is 12.8 Å². The Morgan fingerprint density at radius 1 is 1.40 bits per heavy atom. The van der Waals surface area contributed by atoms with Gasteiger partial charge in [-0.25, -0.2) is 0 Å². The van der Waals surface area contributed by atoms with E-state index in [1.54, 1.807) is 7.11 Å². The Hall–Kier alpha value is -1.22. The van der Waals surface area contributed by atoms with Crippen LogP contribution in [0.2, 0.25) is 0 Å². The maximum Gasteiger partial charge on any atom is 0.142 e. The van der Waals surface area contributed by atoms with E-state index < -0.39 is 0 Å². The lowest BCUT2D eigenvalue weighted by molar-refractivity contribution is 0.414. The molecule has 0 aliphatic rings. The van der Waals surface area contributed by atoms with Crippen molar-refractivity contribution in [2.75, 3.05) is 31.6 Å². The smallest absolute Gasteiger partial charge is 0.142 e. The summed E-state index contributed by atoms with van der Waals surface area (Å²) in [5.74, 6) is 0.913. The van der Waals surface area contributed by atoms with Crippen LogP contribution in [0, 0.1) is 6.92 Å². The van der Waals surface area contributed by atoms with E-state index in [1.165, 1.54) is 5.56 Å². The van der Waals surface area contributed by atoms with Crippen LogP contribution in [0.3, 0.4) is 0 Å². The monoisotopic (exact) mass is 208 g/mol. The highest BCUT2D eigenvalue weighted by Gasteiger charge is 2.09. The first-order valence-corrected chi connectivity index (χ1v) is 5.32. The molecule has 1 aromatic carbocycles. The summed E-state index contributed by atoms with van der Waals surface area (Å²) in [5.41, 5.74) is 7.96. The van der Waals surface area contributed by atoms with Crippen molar-refractivity contribution < 1.29 is 4.74 Å². The van der Waals surface area contributed by atoms with E-state index in [0.717, 1.165) is 24.5 Å². The Morgan fingerprint density at radius 3 is 2.67 bits per heavy atom. The molecule has 0 saturated heterocycles. The molecule has 0 unspecified atom stereocenters. The first kappa shape index (κ1) is 11.9. The van der Waals surface area contributed by atoms with E-state index in [9.17, 15) is 0 Å². The van der Waals surface area contributed by atoms with E-state index in [4.69, 9.17) is 10.5 Å². The molecular weight excluding hydrogens is 188 g/mol. The Labute approximate surface area is 91.8 Å². The number of aryl methyl sites for hydroxylation is 1. The molecule has 1 aromatic rings. The summed E-state index contributed by atoms with van der Waals surface area (Å²) in [6, 6.07) is 6.19. The minimum atomic E-state index is 0.658. The Balaban J connectivity index is 3.02. The van der Waals surface area contributed by atoms with Crippen LogP contribution in [0.5, 0.6) is 5.75 Å². The zero-order chi connectivity index (χ0) is 11.3. The lowest BCUT2D eigenvalue weighted by Gasteiger charge is -2.24. The molecular formula is C12H20N2O. The van der Waals surface area contributed by atoms with Crippen molar-refractivity contribution in [3.05, 3.63) is 23.8 Å². The lowest BCUT2D eigenvalue weighted by atomic mass is 10.2. The highest BCUT2D eigenvalue weighted by atomic mass is 16.5. The van der Waals surface area contributed by atoms with Crippen molar-refractivity contribution in [1.82, 2.24) is 0 Å². The van der Waals surface area contributed by atoms with Crippen molar-refractivity contribution in [3.8, 4) is 5.75 Å². The second-order valence-corrected chi connectivity index (χ2v) is 3.54. The molecule has 0 fully saturated rings. The summed E-state index contributed by atoms with van der Waals surface area (Å²) in [4.78, 5) is 2.23. The number of hydrogen-bond acceptors (Lipinski definition) is 3. The van der Waals surface area contributed by atoms with Crippen LogP contribution in [0.15, 0.2) is 18.2 Å². The van der Waals surface area contributed by atoms with Gasteiger partial charge in [0.15, 0.2) is 0 Å². The average molecular weight is 208 g/mol. The van der Waals surface area contributed by atoms with E-state index >= 15 is 0 Å². The predicted octanol–water partition coefficient (Wildman–Crippen LogP) is 1.79. The zero-order valence-corrected chi connectivity index (χ0v) is 9.79. The van der Waals surface area contributed by atoms with Gasteiger partial charge in [0, 0.05) is 19.6 Å². The highest BCUT2D eigenvalue weighted by molar-refractivity contribution is 5.60. The van der Waals surface area contributed by atoms with Crippen molar-refractivity contribution >= 4 is 5.69 Å². The average Bonchev–Trinajstić information content (AvgIpc) is 2.26. The van der Waals surface area contributed by atoms with E-state index in [2.05, 4.69) is 30.9 Å². The number of likely N-dealkylation sites (N-methyl/N-ethyl adjacent to an activating group) is 1. The molecule has 0 atom stereocenters. The van der Waals surface area contributed by atoms with Crippen molar-refractivity contribution in [2.24, 2.45) is 5.73 Å². The van der Waals surface area contributed by atoms with Crippen LogP contribution in [-0.4, -0.2) is 26.7 Å².